The fourth-order valence-electron chi connectivity index (χ4n) is 2.17. The molecule has 0 aliphatic heterocycles. The van der Waals surface area contributed by atoms with Crippen molar-refractivity contribution in [2.24, 2.45) is 0 Å². The highest BCUT2D eigenvalue weighted by Crippen LogP contribution is 2.23. The highest BCUT2D eigenvalue weighted by molar-refractivity contribution is 9.10. The molecule has 0 spiro atoms. The van der Waals surface area contributed by atoms with Gasteiger partial charge in [0.1, 0.15) is 0 Å². The number of hydrogen-bond donors (Lipinski definition) is 1. The van der Waals surface area contributed by atoms with E-state index in [-0.39, 0.29) is 5.60 Å². The summed E-state index contributed by atoms with van der Waals surface area (Å²) in [7, 11) is 0. The van der Waals surface area contributed by atoms with Gasteiger partial charge in [-0.3, -0.25) is 0 Å². The van der Waals surface area contributed by atoms with Crippen molar-refractivity contribution in [2.75, 3.05) is 13.2 Å². The summed E-state index contributed by atoms with van der Waals surface area (Å²) in [5.41, 5.74) is 1.15. The van der Waals surface area contributed by atoms with E-state index >= 15 is 0 Å². The quantitative estimate of drug-likeness (QED) is 0.827. The first-order valence-electron chi connectivity index (χ1n) is 6.62. The molecule has 0 amide bonds. The Morgan fingerprint density at radius 1 is 1.28 bits per heavy atom. The third-order valence-electron chi connectivity index (χ3n) is 3.19. The summed E-state index contributed by atoms with van der Waals surface area (Å²) in [6.07, 6.45) is 0.961. The zero-order valence-corrected chi connectivity index (χ0v) is 13.4. The average Bonchev–Trinajstić information content (AvgIpc) is 2.31. The zero-order chi connectivity index (χ0) is 13.6. The summed E-state index contributed by atoms with van der Waals surface area (Å²) >= 11 is 3.61. The van der Waals surface area contributed by atoms with Gasteiger partial charge in [0.2, 0.25) is 0 Å². The largest absolute Gasteiger partial charge is 0.374 e. The summed E-state index contributed by atoms with van der Waals surface area (Å²) in [6.45, 7) is 10.2. The highest BCUT2D eigenvalue weighted by atomic mass is 79.9. The smallest absolute Gasteiger partial charge is 0.0781 e. The summed E-state index contributed by atoms with van der Waals surface area (Å²) in [4.78, 5) is 0. The molecule has 0 heterocycles. The van der Waals surface area contributed by atoms with Crippen LogP contribution in [0.3, 0.4) is 0 Å². The van der Waals surface area contributed by atoms with E-state index in [2.05, 4.69) is 60.2 Å². The van der Waals surface area contributed by atoms with Crippen LogP contribution in [0.25, 0.3) is 0 Å². The lowest BCUT2D eigenvalue weighted by atomic mass is 9.92. The van der Waals surface area contributed by atoms with E-state index in [1.807, 2.05) is 13.0 Å². The molecule has 0 saturated heterocycles. The number of nitrogens with one attached hydrogen (secondary N) is 1. The molecular weight excluding hydrogens is 290 g/mol. The SMILES string of the molecule is CCNC(Cc1ccccc1Br)C(C)(C)OCC. The van der Waals surface area contributed by atoms with Gasteiger partial charge < -0.3 is 10.1 Å². The Labute approximate surface area is 119 Å². The molecule has 1 aromatic carbocycles. The lowest BCUT2D eigenvalue weighted by Crippen LogP contribution is -2.50. The molecule has 18 heavy (non-hydrogen) atoms. The Hall–Kier alpha value is -0.380. The molecule has 0 saturated carbocycles. The van der Waals surface area contributed by atoms with E-state index < -0.39 is 0 Å². The monoisotopic (exact) mass is 313 g/mol. The van der Waals surface area contributed by atoms with Crippen LogP contribution in [0.15, 0.2) is 28.7 Å². The van der Waals surface area contributed by atoms with E-state index in [9.17, 15) is 0 Å². The Balaban J connectivity index is 2.83. The predicted molar refractivity (Wildman–Crippen MR) is 81.0 cm³/mol. The van der Waals surface area contributed by atoms with Gasteiger partial charge in [-0.05, 0) is 45.4 Å². The minimum absolute atomic E-state index is 0.167. The van der Waals surface area contributed by atoms with E-state index in [0.29, 0.717) is 6.04 Å². The van der Waals surface area contributed by atoms with Gasteiger partial charge in [0.05, 0.1) is 5.60 Å². The first-order valence-corrected chi connectivity index (χ1v) is 7.41. The van der Waals surface area contributed by atoms with E-state index in [1.54, 1.807) is 0 Å². The molecule has 2 nitrogen and oxygen atoms in total. The van der Waals surface area contributed by atoms with Crippen molar-refractivity contribution in [1.29, 1.82) is 0 Å². The zero-order valence-electron chi connectivity index (χ0n) is 11.8. The van der Waals surface area contributed by atoms with Crippen LogP contribution in [0.1, 0.15) is 33.3 Å². The van der Waals surface area contributed by atoms with Crippen LogP contribution in [0, 0.1) is 0 Å². The molecule has 1 aromatic rings. The number of likely N-dealkylation sites (N-methyl/N-ethyl adjacent to an activating group) is 1. The standard InChI is InChI=1S/C15H24BrNO/c1-5-17-14(15(3,4)18-6-2)11-12-9-7-8-10-13(12)16/h7-10,14,17H,5-6,11H2,1-4H3. The minimum Gasteiger partial charge on any atom is -0.374 e. The van der Waals surface area contributed by atoms with Crippen molar-refractivity contribution < 1.29 is 4.74 Å². The Morgan fingerprint density at radius 3 is 2.50 bits per heavy atom. The van der Waals surface area contributed by atoms with Crippen molar-refractivity contribution in [2.45, 2.75) is 45.8 Å². The van der Waals surface area contributed by atoms with Gasteiger partial charge in [-0.15, -0.1) is 0 Å². The number of ether oxygens (including phenoxy) is 1. The van der Waals surface area contributed by atoms with Crippen molar-refractivity contribution in [3.8, 4) is 0 Å². The van der Waals surface area contributed by atoms with E-state index in [1.165, 1.54) is 10.0 Å². The van der Waals surface area contributed by atoms with Crippen molar-refractivity contribution >= 4 is 15.9 Å². The number of rotatable bonds is 7. The average molecular weight is 314 g/mol. The Kier molecular flexibility index (Phi) is 6.33. The molecule has 0 fully saturated rings. The minimum atomic E-state index is -0.167. The van der Waals surface area contributed by atoms with Crippen LogP contribution < -0.4 is 5.32 Å². The molecule has 3 heteroatoms. The van der Waals surface area contributed by atoms with E-state index in [4.69, 9.17) is 4.74 Å². The number of benzene rings is 1. The maximum atomic E-state index is 5.88. The molecule has 0 aliphatic rings. The molecule has 1 rings (SSSR count). The second-order valence-electron chi connectivity index (χ2n) is 4.94. The lowest BCUT2D eigenvalue weighted by Gasteiger charge is -2.35. The highest BCUT2D eigenvalue weighted by Gasteiger charge is 2.29. The molecule has 1 atom stereocenters. The second kappa shape index (κ2) is 7.27. The topological polar surface area (TPSA) is 21.3 Å². The first-order chi connectivity index (χ1) is 8.51. The van der Waals surface area contributed by atoms with E-state index in [0.717, 1.165) is 19.6 Å². The molecule has 0 aromatic heterocycles. The number of halogens is 1. The van der Waals surface area contributed by atoms with Gasteiger partial charge in [-0.1, -0.05) is 41.1 Å². The summed E-state index contributed by atoms with van der Waals surface area (Å²) in [5.74, 6) is 0. The third kappa shape index (κ3) is 4.38. The lowest BCUT2D eigenvalue weighted by molar-refractivity contribution is -0.0377. The molecule has 1 unspecified atom stereocenters. The van der Waals surface area contributed by atoms with Crippen molar-refractivity contribution in [3.63, 3.8) is 0 Å². The predicted octanol–water partition coefficient (Wildman–Crippen LogP) is 3.78. The van der Waals surface area contributed by atoms with Crippen LogP contribution >= 0.6 is 15.9 Å². The molecule has 1 N–H and O–H groups in total. The van der Waals surface area contributed by atoms with Gasteiger partial charge in [0.15, 0.2) is 0 Å². The Morgan fingerprint density at radius 2 is 1.94 bits per heavy atom. The summed E-state index contributed by atoms with van der Waals surface area (Å²) in [5, 5.41) is 3.54. The van der Waals surface area contributed by atoms with Crippen molar-refractivity contribution in [1.82, 2.24) is 5.32 Å². The summed E-state index contributed by atoms with van der Waals surface area (Å²) < 4.78 is 7.05. The van der Waals surface area contributed by atoms with Gasteiger partial charge in [0.25, 0.3) is 0 Å². The normalized spacial score (nSPS) is 13.6. The van der Waals surface area contributed by atoms with Crippen LogP contribution in [-0.4, -0.2) is 24.8 Å². The fraction of sp³-hybridized carbons (Fsp3) is 0.600. The molecule has 0 aliphatic carbocycles. The van der Waals surface area contributed by atoms with Gasteiger partial charge >= 0.3 is 0 Å². The Bertz CT molecular complexity index is 365. The van der Waals surface area contributed by atoms with Gasteiger partial charge in [-0.2, -0.15) is 0 Å². The maximum Gasteiger partial charge on any atom is 0.0781 e. The molecule has 0 radical (unpaired) electrons. The second-order valence-corrected chi connectivity index (χ2v) is 5.80. The van der Waals surface area contributed by atoms with Crippen LogP contribution in [-0.2, 0) is 11.2 Å². The van der Waals surface area contributed by atoms with Crippen molar-refractivity contribution in [3.05, 3.63) is 34.3 Å². The fourth-order valence-corrected chi connectivity index (χ4v) is 2.61. The van der Waals surface area contributed by atoms with Crippen LogP contribution in [0.5, 0.6) is 0 Å². The van der Waals surface area contributed by atoms with Crippen LogP contribution in [0.2, 0.25) is 0 Å². The van der Waals surface area contributed by atoms with Crippen LogP contribution in [0.4, 0.5) is 0 Å². The third-order valence-corrected chi connectivity index (χ3v) is 3.96. The summed E-state index contributed by atoms with van der Waals surface area (Å²) in [6, 6.07) is 8.68. The van der Waals surface area contributed by atoms with Gasteiger partial charge in [0, 0.05) is 17.1 Å². The molecule has 0 bridgehead atoms. The first kappa shape index (κ1) is 15.7. The molecular formula is C15H24BrNO. The molecule has 102 valence electrons. The number of hydrogen-bond acceptors (Lipinski definition) is 2. The van der Waals surface area contributed by atoms with Gasteiger partial charge in [-0.25, -0.2) is 0 Å². The maximum absolute atomic E-state index is 5.88.